The number of alkyl carbamates (subject to hydrolysis) is 2. The topological polar surface area (TPSA) is 106 Å². The van der Waals surface area contributed by atoms with Crippen molar-refractivity contribution in [2.24, 2.45) is 0 Å². The normalized spacial score (nSPS) is 11.7. The SMILES string of the molecule is COC(=O)CCN(CCCNC(=O)OC(C)(C)C)CCCNC(=O)OC(C)(C)C. The summed E-state index contributed by atoms with van der Waals surface area (Å²) >= 11 is 0. The van der Waals surface area contributed by atoms with Gasteiger partial charge in [-0.1, -0.05) is 0 Å². The second-order valence-electron chi connectivity index (χ2n) is 8.73. The molecule has 0 aliphatic rings. The van der Waals surface area contributed by atoms with Crippen molar-refractivity contribution < 1.29 is 28.6 Å². The highest BCUT2D eigenvalue weighted by atomic mass is 16.6. The Kier molecular flexibility index (Phi) is 12.3. The lowest BCUT2D eigenvalue weighted by Gasteiger charge is -2.23. The first kappa shape index (κ1) is 27.0. The van der Waals surface area contributed by atoms with Crippen LogP contribution in [0.25, 0.3) is 0 Å². The van der Waals surface area contributed by atoms with Crippen molar-refractivity contribution in [1.82, 2.24) is 15.5 Å². The van der Waals surface area contributed by atoms with E-state index < -0.39 is 23.4 Å². The number of esters is 1. The first-order valence-corrected chi connectivity index (χ1v) is 10.1. The molecule has 29 heavy (non-hydrogen) atoms. The molecule has 0 aromatic heterocycles. The molecule has 0 saturated heterocycles. The van der Waals surface area contributed by atoms with Gasteiger partial charge in [0.2, 0.25) is 0 Å². The lowest BCUT2D eigenvalue weighted by molar-refractivity contribution is -0.141. The first-order valence-electron chi connectivity index (χ1n) is 10.1. The fourth-order valence-electron chi connectivity index (χ4n) is 2.30. The van der Waals surface area contributed by atoms with Crippen LogP contribution in [-0.4, -0.2) is 74.1 Å². The number of methoxy groups -OCH3 is 1. The fraction of sp³-hybridized carbons (Fsp3) is 0.850. The van der Waals surface area contributed by atoms with Crippen LogP contribution >= 0.6 is 0 Å². The lowest BCUT2D eigenvalue weighted by atomic mass is 10.2. The highest BCUT2D eigenvalue weighted by Crippen LogP contribution is 2.07. The van der Waals surface area contributed by atoms with Gasteiger partial charge in [-0.25, -0.2) is 9.59 Å². The Morgan fingerprint density at radius 1 is 0.759 bits per heavy atom. The molecule has 170 valence electrons. The summed E-state index contributed by atoms with van der Waals surface area (Å²) in [4.78, 5) is 36.9. The van der Waals surface area contributed by atoms with Gasteiger partial charge in [-0.3, -0.25) is 4.79 Å². The second kappa shape index (κ2) is 13.2. The number of rotatable bonds is 11. The van der Waals surface area contributed by atoms with Gasteiger partial charge in [-0.15, -0.1) is 0 Å². The van der Waals surface area contributed by atoms with Gasteiger partial charge >= 0.3 is 18.2 Å². The lowest BCUT2D eigenvalue weighted by Crippen LogP contribution is -2.36. The summed E-state index contributed by atoms with van der Waals surface area (Å²) in [5, 5.41) is 5.44. The highest BCUT2D eigenvalue weighted by Gasteiger charge is 2.17. The van der Waals surface area contributed by atoms with Crippen molar-refractivity contribution in [2.75, 3.05) is 39.8 Å². The van der Waals surface area contributed by atoms with Gasteiger partial charge in [-0.05, 0) is 67.5 Å². The maximum atomic E-state index is 11.7. The number of ether oxygens (including phenoxy) is 3. The average molecular weight is 418 g/mol. The molecule has 0 aromatic carbocycles. The molecule has 0 aliphatic carbocycles. The maximum absolute atomic E-state index is 11.7. The minimum atomic E-state index is -0.530. The summed E-state index contributed by atoms with van der Waals surface area (Å²) in [6.45, 7) is 13.8. The summed E-state index contributed by atoms with van der Waals surface area (Å²) in [7, 11) is 1.36. The minimum absolute atomic E-state index is 0.270. The second-order valence-corrected chi connectivity index (χ2v) is 8.73. The molecule has 0 aromatic rings. The molecule has 2 amide bonds. The third-order valence-corrected chi connectivity index (χ3v) is 3.50. The average Bonchev–Trinajstić information content (AvgIpc) is 2.55. The van der Waals surface area contributed by atoms with Crippen molar-refractivity contribution in [3.8, 4) is 0 Å². The van der Waals surface area contributed by atoms with Crippen LogP contribution in [0.1, 0.15) is 60.8 Å². The summed E-state index contributed by atoms with van der Waals surface area (Å²) < 4.78 is 15.1. The smallest absolute Gasteiger partial charge is 0.407 e. The van der Waals surface area contributed by atoms with Gasteiger partial charge in [0.15, 0.2) is 0 Å². The standard InChI is InChI=1S/C20H39N3O6/c1-19(2,3)28-17(25)21-11-8-13-23(15-10-16(24)27-7)14-9-12-22-18(26)29-20(4,5)6/h8-15H2,1-7H3,(H,21,25)(H,22,26). The van der Waals surface area contributed by atoms with E-state index in [0.29, 0.717) is 45.6 Å². The molecule has 0 unspecified atom stereocenters. The van der Waals surface area contributed by atoms with Gasteiger partial charge < -0.3 is 29.7 Å². The van der Waals surface area contributed by atoms with Gasteiger partial charge in [-0.2, -0.15) is 0 Å². The number of amides is 2. The molecular formula is C20H39N3O6. The van der Waals surface area contributed by atoms with Crippen molar-refractivity contribution in [2.45, 2.75) is 72.0 Å². The van der Waals surface area contributed by atoms with Gasteiger partial charge in [0, 0.05) is 19.6 Å². The minimum Gasteiger partial charge on any atom is -0.469 e. The predicted octanol–water partition coefficient (Wildman–Crippen LogP) is 2.68. The zero-order valence-electron chi connectivity index (χ0n) is 19.1. The number of carbonyl (C=O) groups excluding carboxylic acids is 3. The van der Waals surface area contributed by atoms with Crippen LogP contribution in [0.15, 0.2) is 0 Å². The number of nitrogens with zero attached hydrogens (tertiary/aromatic N) is 1. The Balaban J connectivity index is 4.26. The van der Waals surface area contributed by atoms with Crippen LogP contribution in [0.4, 0.5) is 9.59 Å². The summed E-state index contributed by atoms with van der Waals surface area (Å²) in [5.41, 5.74) is -1.06. The summed E-state index contributed by atoms with van der Waals surface area (Å²) in [6, 6.07) is 0. The Bertz CT molecular complexity index is 475. The highest BCUT2D eigenvalue weighted by molar-refractivity contribution is 5.69. The largest absolute Gasteiger partial charge is 0.469 e. The van der Waals surface area contributed by atoms with E-state index in [1.54, 1.807) is 0 Å². The fourth-order valence-corrected chi connectivity index (χ4v) is 2.30. The maximum Gasteiger partial charge on any atom is 0.407 e. The number of nitrogens with one attached hydrogen (secondary N) is 2. The number of hydrogen-bond donors (Lipinski definition) is 2. The van der Waals surface area contributed by atoms with E-state index in [4.69, 9.17) is 14.2 Å². The molecule has 0 rings (SSSR count). The molecule has 0 heterocycles. The number of carbonyl (C=O) groups is 3. The molecule has 2 N–H and O–H groups in total. The Morgan fingerprint density at radius 2 is 1.17 bits per heavy atom. The van der Waals surface area contributed by atoms with Crippen LogP contribution in [-0.2, 0) is 19.0 Å². The Hall–Kier alpha value is -2.03. The van der Waals surface area contributed by atoms with Crippen molar-refractivity contribution in [3.63, 3.8) is 0 Å². The van der Waals surface area contributed by atoms with Gasteiger partial charge in [0.25, 0.3) is 0 Å². The van der Waals surface area contributed by atoms with Crippen LogP contribution < -0.4 is 10.6 Å². The molecule has 0 saturated carbocycles. The number of hydrogen-bond acceptors (Lipinski definition) is 7. The molecule has 0 spiro atoms. The third-order valence-electron chi connectivity index (χ3n) is 3.50. The molecular weight excluding hydrogens is 378 g/mol. The van der Waals surface area contributed by atoms with Crippen LogP contribution in [0.3, 0.4) is 0 Å². The van der Waals surface area contributed by atoms with Crippen molar-refractivity contribution in [3.05, 3.63) is 0 Å². The van der Waals surface area contributed by atoms with Crippen LogP contribution in [0, 0.1) is 0 Å². The first-order chi connectivity index (χ1) is 13.3. The molecule has 0 aliphatic heterocycles. The van der Waals surface area contributed by atoms with E-state index in [0.717, 1.165) is 0 Å². The molecule has 0 atom stereocenters. The molecule has 9 heteroatoms. The van der Waals surface area contributed by atoms with Crippen LogP contribution in [0.2, 0.25) is 0 Å². The molecule has 0 bridgehead atoms. The monoisotopic (exact) mass is 417 g/mol. The van der Waals surface area contributed by atoms with Crippen LogP contribution in [0.5, 0.6) is 0 Å². The molecule has 0 fully saturated rings. The molecule has 9 nitrogen and oxygen atoms in total. The quantitative estimate of drug-likeness (QED) is 0.302. The van der Waals surface area contributed by atoms with E-state index in [1.807, 2.05) is 41.5 Å². The molecule has 0 radical (unpaired) electrons. The van der Waals surface area contributed by atoms with E-state index in [1.165, 1.54) is 7.11 Å². The third kappa shape index (κ3) is 17.8. The van der Waals surface area contributed by atoms with E-state index in [9.17, 15) is 14.4 Å². The van der Waals surface area contributed by atoms with E-state index in [-0.39, 0.29) is 12.4 Å². The van der Waals surface area contributed by atoms with Crippen molar-refractivity contribution in [1.29, 1.82) is 0 Å². The Labute approximate surface area is 174 Å². The summed E-state index contributed by atoms with van der Waals surface area (Å²) in [6.07, 6.45) is 0.815. The summed E-state index contributed by atoms with van der Waals surface area (Å²) in [5.74, 6) is -0.270. The van der Waals surface area contributed by atoms with Crippen molar-refractivity contribution >= 4 is 18.2 Å². The van der Waals surface area contributed by atoms with E-state index >= 15 is 0 Å². The van der Waals surface area contributed by atoms with E-state index in [2.05, 4.69) is 15.5 Å². The predicted molar refractivity (Wildman–Crippen MR) is 111 cm³/mol. The van der Waals surface area contributed by atoms with Gasteiger partial charge in [0.05, 0.1) is 13.5 Å². The zero-order chi connectivity index (χ0) is 22.5. The Morgan fingerprint density at radius 3 is 1.52 bits per heavy atom. The zero-order valence-corrected chi connectivity index (χ0v) is 19.1. The van der Waals surface area contributed by atoms with Gasteiger partial charge in [0.1, 0.15) is 11.2 Å².